The third-order valence-corrected chi connectivity index (χ3v) is 7.16. The Labute approximate surface area is 282 Å². The predicted octanol–water partition coefficient (Wildman–Crippen LogP) is 2.39. The summed E-state index contributed by atoms with van der Waals surface area (Å²) in [5.41, 5.74) is -4.47. The Balaban J connectivity index is 2.28. The maximum absolute atomic E-state index is 13.6. The number of hydrogen-bond donors (Lipinski definition) is 3. The van der Waals surface area contributed by atoms with E-state index in [2.05, 4.69) is 25.7 Å². The summed E-state index contributed by atoms with van der Waals surface area (Å²) in [5.74, 6) is -2.45. The molecule has 2 aromatic rings. The molecule has 1 aromatic heterocycles. The van der Waals surface area contributed by atoms with E-state index in [1.54, 1.807) is 52.8 Å². The summed E-state index contributed by atoms with van der Waals surface area (Å²) in [7, 11) is 3.63. The molecule has 274 valence electrons. The number of halogens is 3. The molecule has 0 radical (unpaired) electrons. The number of aliphatic hydroxyl groups is 1. The van der Waals surface area contributed by atoms with Gasteiger partial charge in [-0.2, -0.15) is 13.2 Å². The molecule has 0 aliphatic heterocycles. The van der Waals surface area contributed by atoms with Gasteiger partial charge in [-0.25, -0.2) is 9.59 Å². The number of aromatic nitrogens is 3. The van der Waals surface area contributed by atoms with Crippen molar-refractivity contribution in [2.75, 3.05) is 27.9 Å². The highest BCUT2D eigenvalue weighted by Gasteiger charge is 2.61. The highest BCUT2D eigenvalue weighted by molar-refractivity contribution is 5.89. The van der Waals surface area contributed by atoms with Gasteiger partial charge >= 0.3 is 18.2 Å². The summed E-state index contributed by atoms with van der Waals surface area (Å²) in [6.07, 6.45) is -6.32. The van der Waals surface area contributed by atoms with Crippen LogP contribution in [0.4, 0.5) is 18.0 Å². The molecule has 3 atom stereocenters. The number of alkyl carbamates (subject to hydrolysis) is 1. The average molecular weight is 703 g/mol. The zero-order valence-electron chi connectivity index (χ0n) is 29.0. The van der Waals surface area contributed by atoms with Crippen LogP contribution in [0.3, 0.4) is 0 Å². The molecule has 18 heteroatoms. The van der Waals surface area contributed by atoms with E-state index < -0.39 is 66.3 Å². The van der Waals surface area contributed by atoms with Crippen molar-refractivity contribution in [3.8, 4) is 11.5 Å². The summed E-state index contributed by atoms with van der Waals surface area (Å²) in [5, 5.41) is 22.8. The minimum Gasteiger partial charge on any atom is -0.497 e. The zero-order chi connectivity index (χ0) is 37.3. The van der Waals surface area contributed by atoms with Crippen LogP contribution in [0.25, 0.3) is 0 Å². The van der Waals surface area contributed by atoms with Crippen molar-refractivity contribution in [3.63, 3.8) is 0 Å². The van der Waals surface area contributed by atoms with Gasteiger partial charge < -0.3 is 39.6 Å². The standard InChI is InChI=1S/C31H45F3N6O9/c1-18(2)23(16-40-15-21(37-38-40)13-30(45,27(43)48-9)31(32,33)34)36-25(41)17-39(14-20-10-11-22(46-7)12-24(20)47-8)26(42)19(3)35-28(44)49-29(4,5)6/h10-12,15,18-19,23,45H,13-14,16-17H2,1-9H3,(H,35,44)(H,36,41)/t19-,23-,30?/m0/s1. The smallest absolute Gasteiger partial charge is 0.428 e. The molecule has 49 heavy (non-hydrogen) atoms. The maximum Gasteiger partial charge on any atom is 0.428 e. The highest BCUT2D eigenvalue weighted by Crippen LogP contribution is 2.34. The number of nitrogens with one attached hydrogen (secondary N) is 2. The van der Waals surface area contributed by atoms with Crippen LogP contribution < -0.4 is 20.1 Å². The summed E-state index contributed by atoms with van der Waals surface area (Å²) in [4.78, 5) is 52.5. The second-order valence-corrected chi connectivity index (χ2v) is 12.6. The first-order chi connectivity index (χ1) is 22.6. The van der Waals surface area contributed by atoms with Crippen molar-refractivity contribution >= 4 is 23.9 Å². The third kappa shape index (κ3) is 11.5. The molecule has 3 amide bonds. The molecule has 1 aromatic carbocycles. The first-order valence-corrected chi connectivity index (χ1v) is 15.2. The van der Waals surface area contributed by atoms with Gasteiger partial charge in [0, 0.05) is 30.8 Å². The molecule has 0 bridgehead atoms. The van der Waals surface area contributed by atoms with Gasteiger partial charge in [0.15, 0.2) is 0 Å². The second kappa shape index (κ2) is 16.7. The number of ether oxygens (including phenoxy) is 4. The quantitative estimate of drug-likeness (QED) is 0.232. The van der Waals surface area contributed by atoms with E-state index in [0.29, 0.717) is 24.2 Å². The lowest BCUT2D eigenvalue weighted by atomic mass is 9.97. The Morgan fingerprint density at radius 2 is 1.67 bits per heavy atom. The Morgan fingerprint density at radius 1 is 1.02 bits per heavy atom. The Morgan fingerprint density at radius 3 is 2.20 bits per heavy atom. The second-order valence-electron chi connectivity index (χ2n) is 12.6. The molecule has 0 saturated heterocycles. The largest absolute Gasteiger partial charge is 0.497 e. The lowest BCUT2D eigenvalue weighted by Crippen LogP contribution is -2.54. The van der Waals surface area contributed by atoms with E-state index in [1.165, 1.54) is 26.0 Å². The van der Waals surface area contributed by atoms with Crippen molar-refractivity contribution in [2.24, 2.45) is 5.92 Å². The van der Waals surface area contributed by atoms with Gasteiger partial charge in [-0.3, -0.25) is 14.3 Å². The fourth-order valence-electron chi connectivity index (χ4n) is 4.50. The minimum atomic E-state index is -5.35. The summed E-state index contributed by atoms with van der Waals surface area (Å²) in [6, 6.07) is 3.18. The van der Waals surface area contributed by atoms with Crippen molar-refractivity contribution in [1.29, 1.82) is 0 Å². The van der Waals surface area contributed by atoms with Gasteiger partial charge in [0.2, 0.25) is 11.8 Å². The van der Waals surface area contributed by atoms with Crippen molar-refractivity contribution in [1.82, 2.24) is 30.5 Å². The molecule has 3 N–H and O–H groups in total. The van der Waals surface area contributed by atoms with Gasteiger partial charge in [-0.15, -0.1) is 5.10 Å². The van der Waals surface area contributed by atoms with Crippen LogP contribution in [-0.2, 0) is 43.4 Å². The fourth-order valence-corrected chi connectivity index (χ4v) is 4.50. The Bertz CT molecular complexity index is 1460. The van der Waals surface area contributed by atoms with Crippen LogP contribution in [0, 0.1) is 5.92 Å². The number of methoxy groups -OCH3 is 3. The van der Waals surface area contributed by atoms with E-state index in [0.717, 1.165) is 10.9 Å². The number of carbonyl (C=O) groups excluding carboxylic acids is 4. The average Bonchev–Trinajstić information content (AvgIpc) is 3.44. The minimum absolute atomic E-state index is 0.0596. The van der Waals surface area contributed by atoms with E-state index >= 15 is 0 Å². The van der Waals surface area contributed by atoms with Crippen molar-refractivity contribution < 1.29 is 56.4 Å². The summed E-state index contributed by atoms with van der Waals surface area (Å²) < 4.78 is 61.8. The van der Waals surface area contributed by atoms with Gasteiger partial charge in [-0.05, 0) is 45.7 Å². The molecule has 15 nitrogen and oxygen atoms in total. The summed E-state index contributed by atoms with van der Waals surface area (Å²) in [6.45, 7) is 9.39. The molecule has 1 heterocycles. The lowest BCUT2D eigenvalue weighted by molar-refractivity contribution is -0.261. The van der Waals surface area contributed by atoms with Crippen molar-refractivity contribution in [3.05, 3.63) is 35.7 Å². The van der Waals surface area contributed by atoms with Crippen LogP contribution >= 0.6 is 0 Å². The first kappa shape index (κ1) is 40.6. The SMILES string of the molecule is COC(=O)C(O)(Cc1cn(C[C@H](NC(=O)CN(Cc2ccc(OC)cc2OC)C(=O)[C@H](C)NC(=O)OC(C)(C)C)C(C)C)nn1)C(F)(F)F. The molecular formula is C31H45F3N6O9. The van der Waals surface area contributed by atoms with E-state index in [-0.39, 0.29) is 24.7 Å². The van der Waals surface area contributed by atoms with Crippen LogP contribution in [0.15, 0.2) is 24.4 Å². The van der Waals surface area contributed by atoms with Crippen molar-refractivity contribution in [2.45, 2.75) is 90.5 Å². The Kier molecular flexibility index (Phi) is 13.8. The van der Waals surface area contributed by atoms with Crippen LogP contribution in [0.5, 0.6) is 11.5 Å². The first-order valence-electron chi connectivity index (χ1n) is 15.2. The monoisotopic (exact) mass is 702 g/mol. The molecule has 1 unspecified atom stereocenters. The van der Waals surface area contributed by atoms with E-state index in [9.17, 15) is 37.5 Å². The molecule has 0 aliphatic carbocycles. The number of carbonyl (C=O) groups is 4. The Hall–Kier alpha value is -4.61. The van der Waals surface area contributed by atoms with Gasteiger partial charge in [0.1, 0.15) is 23.1 Å². The zero-order valence-corrected chi connectivity index (χ0v) is 29.0. The number of amides is 3. The third-order valence-electron chi connectivity index (χ3n) is 7.16. The van der Waals surface area contributed by atoms with Gasteiger partial charge in [0.25, 0.3) is 5.60 Å². The predicted molar refractivity (Wildman–Crippen MR) is 167 cm³/mol. The lowest BCUT2D eigenvalue weighted by Gasteiger charge is -2.29. The number of nitrogens with zero attached hydrogens (tertiary/aromatic N) is 4. The molecule has 0 saturated carbocycles. The fraction of sp³-hybridized carbons (Fsp3) is 0.613. The number of benzene rings is 1. The highest BCUT2D eigenvalue weighted by atomic mass is 19.4. The number of rotatable bonds is 15. The van der Waals surface area contributed by atoms with E-state index in [1.807, 2.05) is 0 Å². The topological polar surface area (TPSA) is 183 Å². The molecular weight excluding hydrogens is 657 g/mol. The van der Waals surface area contributed by atoms with Gasteiger partial charge in [-0.1, -0.05) is 19.1 Å². The van der Waals surface area contributed by atoms with Gasteiger partial charge in [0.05, 0.1) is 46.2 Å². The number of alkyl halides is 3. The molecule has 0 spiro atoms. The number of hydrogen-bond acceptors (Lipinski definition) is 11. The van der Waals surface area contributed by atoms with E-state index in [4.69, 9.17) is 14.2 Å². The van der Waals surface area contributed by atoms with Crippen LogP contribution in [-0.4, -0.2) is 106 Å². The molecule has 2 rings (SSSR count). The normalized spacial score (nSPS) is 14.2. The van der Waals surface area contributed by atoms with Crippen LogP contribution in [0.1, 0.15) is 52.8 Å². The molecule has 0 aliphatic rings. The maximum atomic E-state index is 13.6. The molecule has 0 fully saturated rings. The summed E-state index contributed by atoms with van der Waals surface area (Å²) >= 11 is 0. The number of esters is 1. The van der Waals surface area contributed by atoms with Crippen LogP contribution in [0.2, 0.25) is 0 Å².